The monoisotopic (exact) mass is 421 g/mol. The van der Waals surface area contributed by atoms with Gasteiger partial charge in [-0.2, -0.15) is 18.3 Å². The standard InChI is InChI=1S/C24H15F4N3/c1-14-5-7-15(8-6-14)22-20-13-29-21-11-16(24(26,27)28)9-10-19(21)23(20)31(30-22)18-4-2-3-17(25)12-18/h2-13H,1H3. The third-order valence-electron chi connectivity index (χ3n) is 5.21. The van der Waals surface area contributed by atoms with Crippen LogP contribution in [0.3, 0.4) is 0 Å². The zero-order chi connectivity index (χ0) is 21.8. The maximum absolute atomic E-state index is 13.9. The number of aromatic nitrogens is 3. The van der Waals surface area contributed by atoms with E-state index in [1.807, 2.05) is 31.2 Å². The fraction of sp³-hybridized carbons (Fsp3) is 0.0833. The van der Waals surface area contributed by atoms with Crippen LogP contribution in [-0.2, 0) is 6.18 Å². The molecule has 0 aliphatic heterocycles. The molecule has 2 heterocycles. The average Bonchev–Trinajstić information content (AvgIpc) is 3.13. The molecular formula is C24H15F4N3. The first-order valence-corrected chi connectivity index (χ1v) is 9.53. The average molecular weight is 421 g/mol. The summed E-state index contributed by atoms with van der Waals surface area (Å²) in [6, 6.07) is 17.1. The molecule has 31 heavy (non-hydrogen) atoms. The van der Waals surface area contributed by atoms with Crippen LogP contribution in [0, 0.1) is 12.7 Å². The largest absolute Gasteiger partial charge is 0.416 e. The van der Waals surface area contributed by atoms with Gasteiger partial charge in [-0.1, -0.05) is 42.0 Å². The van der Waals surface area contributed by atoms with Crippen molar-refractivity contribution in [1.29, 1.82) is 0 Å². The third-order valence-corrected chi connectivity index (χ3v) is 5.21. The first-order chi connectivity index (χ1) is 14.8. The molecule has 0 N–H and O–H groups in total. The summed E-state index contributed by atoms with van der Waals surface area (Å²) in [5.41, 5.74) is 2.99. The van der Waals surface area contributed by atoms with Crippen molar-refractivity contribution in [3.8, 4) is 16.9 Å². The van der Waals surface area contributed by atoms with Crippen molar-refractivity contribution >= 4 is 21.8 Å². The Morgan fingerprint density at radius 2 is 1.65 bits per heavy atom. The molecule has 7 heteroatoms. The van der Waals surface area contributed by atoms with Gasteiger partial charge in [-0.15, -0.1) is 0 Å². The van der Waals surface area contributed by atoms with E-state index in [9.17, 15) is 17.6 Å². The number of rotatable bonds is 2. The number of benzene rings is 3. The molecule has 0 spiro atoms. The van der Waals surface area contributed by atoms with Crippen molar-refractivity contribution < 1.29 is 17.6 Å². The molecule has 3 nitrogen and oxygen atoms in total. The van der Waals surface area contributed by atoms with Crippen LogP contribution in [0.1, 0.15) is 11.1 Å². The van der Waals surface area contributed by atoms with Gasteiger partial charge < -0.3 is 0 Å². The molecule has 0 saturated heterocycles. The minimum absolute atomic E-state index is 0.190. The van der Waals surface area contributed by atoms with E-state index in [0.717, 1.165) is 23.3 Å². The van der Waals surface area contributed by atoms with E-state index in [1.54, 1.807) is 16.8 Å². The quantitative estimate of drug-likeness (QED) is 0.297. The second-order valence-corrected chi connectivity index (χ2v) is 7.36. The third kappa shape index (κ3) is 3.32. The van der Waals surface area contributed by atoms with Crippen molar-refractivity contribution in [1.82, 2.24) is 14.8 Å². The number of aryl methyl sites for hydroxylation is 1. The summed E-state index contributed by atoms with van der Waals surface area (Å²) in [5, 5.41) is 5.88. The lowest BCUT2D eigenvalue weighted by atomic mass is 10.0. The van der Waals surface area contributed by atoms with Crippen LogP contribution in [-0.4, -0.2) is 14.8 Å². The molecule has 5 rings (SSSR count). The van der Waals surface area contributed by atoms with Gasteiger partial charge in [-0.3, -0.25) is 4.98 Å². The van der Waals surface area contributed by atoms with Gasteiger partial charge in [-0.25, -0.2) is 9.07 Å². The normalized spacial score (nSPS) is 12.0. The Bertz CT molecular complexity index is 1430. The van der Waals surface area contributed by atoms with E-state index in [2.05, 4.69) is 4.98 Å². The molecule has 0 aliphatic carbocycles. The van der Waals surface area contributed by atoms with Gasteiger partial charge in [0.2, 0.25) is 0 Å². The van der Waals surface area contributed by atoms with E-state index in [4.69, 9.17) is 5.10 Å². The first kappa shape index (κ1) is 19.2. The lowest BCUT2D eigenvalue weighted by Gasteiger charge is -2.09. The zero-order valence-electron chi connectivity index (χ0n) is 16.3. The van der Waals surface area contributed by atoms with Crippen molar-refractivity contribution in [2.45, 2.75) is 13.1 Å². The molecule has 0 aliphatic rings. The van der Waals surface area contributed by atoms with Gasteiger partial charge in [0.25, 0.3) is 0 Å². The van der Waals surface area contributed by atoms with Gasteiger partial charge in [0.15, 0.2) is 0 Å². The summed E-state index contributed by atoms with van der Waals surface area (Å²) in [7, 11) is 0. The number of alkyl halides is 3. The minimum atomic E-state index is -4.47. The molecular weight excluding hydrogens is 406 g/mol. The Morgan fingerprint density at radius 3 is 2.35 bits per heavy atom. The summed E-state index contributed by atoms with van der Waals surface area (Å²) >= 11 is 0. The molecule has 0 fully saturated rings. The molecule has 0 saturated carbocycles. The first-order valence-electron chi connectivity index (χ1n) is 9.53. The zero-order valence-corrected chi connectivity index (χ0v) is 16.3. The number of hydrogen-bond donors (Lipinski definition) is 0. The van der Waals surface area contributed by atoms with E-state index in [1.165, 1.54) is 24.4 Å². The summed E-state index contributed by atoms with van der Waals surface area (Å²) in [6.45, 7) is 1.97. The second kappa shape index (κ2) is 6.91. The lowest BCUT2D eigenvalue weighted by molar-refractivity contribution is -0.137. The molecule has 3 aromatic carbocycles. The number of pyridine rings is 1. The van der Waals surface area contributed by atoms with Crippen LogP contribution in [0.2, 0.25) is 0 Å². The van der Waals surface area contributed by atoms with E-state index in [0.29, 0.717) is 27.7 Å². The highest BCUT2D eigenvalue weighted by molar-refractivity contribution is 6.08. The molecule has 0 bridgehead atoms. The van der Waals surface area contributed by atoms with Gasteiger partial charge in [-0.05, 0) is 37.3 Å². The van der Waals surface area contributed by atoms with Crippen molar-refractivity contribution in [3.63, 3.8) is 0 Å². The maximum Gasteiger partial charge on any atom is 0.416 e. The highest BCUT2D eigenvalue weighted by Gasteiger charge is 2.31. The molecule has 154 valence electrons. The Kier molecular flexibility index (Phi) is 4.28. The van der Waals surface area contributed by atoms with Crippen molar-refractivity contribution in [2.24, 2.45) is 0 Å². The Balaban J connectivity index is 1.86. The maximum atomic E-state index is 13.9. The predicted molar refractivity (Wildman–Crippen MR) is 112 cm³/mol. The van der Waals surface area contributed by atoms with Gasteiger partial charge in [0.05, 0.1) is 22.3 Å². The van der Waals surface area contributed by atoms with Gasteiger partial charge >= 0.3 is 6.18 Å². The second-order valence-electron chi connectivity index (χ2n) is 7.36. The Hall–Kier alpha value is -3.74. The molecule has 0 unspecified atom stereocenters. The molecule has 0 atom stereocenters. The lowest BCUT2D eigenvalue weighted by Crippen LogP contribution is -2.04. The van der Waals surface area contributed by atoms with Crippen LogP contribution in [0.4, 0.5) is 17.6 Å². The number of fused-ring (bicyclic) bond motifs is 3. The Morgan fingerprint density at radius 1 is 0.871 bits per heavy atom. The Labute approximate surface area is 174 Å². The van der Waals surface area contributed by atoms with E-state index >= 15 is 0 Å². The fourth-order valence-corrected chi connectivity index (χ4v) is 3.68. The number of nitrogens with zero attached hydrogens (tertiary/aromatic N) is 3. The molecule has 5 aromatic rings. The molecule has 0 amide bonds. The van der Waals surface area contributed by atoms with Crippen LogP contribution in [0.5, 0.6) is 0 Å². The van der Waals surface area contributed by atoms with E-state index < -0.39 is 17.6 Å². The van der Waals surface area contributed by atoms with Crippen molar-refractivity contribution in [2.75, 3.05) is 0 Å². The smallest absolute Gasteiger partial charge is 0.255 e. The van der Waals surface area contributed by atoms with E-state index in [-0.39, 0.29) is 5.52 Å². The topological polar surface area (TPSA) is 30.7 Å². The summed E-state index contributed by atoms with van der Waals surface area (Å²) in [5.74, 6) is -0.434. The summed E-state index contributed by atoms with van der Waals surface area (Å²) < 4.78 is 55.1. The molecule has 2 aromatic heterocycles. The van der Waals surface area contributed by atoms with Gasteiger partial charge in [0, 0.05) is 22.5 Å². The summed E-state index contributed by atoms with van der Waals surface area (Å²) in [4.78, 5) is 4.28. The minimum Gasteiger partial charge on any atom is -0.255 e. The van der Waals surface area contributed by atoms with Crippen molar-refractivity contribution in [3.05, 3.63) is 89.9 Å². The SMILES string of the molecule is Cc1ccc(-c2nn(-c3cccc(F)c3)c3c2cnc2cc(C(F)(F)F)ccc23)cc1. The fourth-order valence-electron chi connectivity index (χ4n) is 3.68. The van der Waals surface area contributed by atoms with Crippen LogP contribution < -0.4 is 0 Å². The predicted octanol–water partition coefficient (Wildman–Crippen LogP) is 6.71. The highest BCUT2D eigenvalue weighted by atomic mass is 19.4. The summed E-state index contributed by atoms with van der Waals surface area (Å²) in [6.07, 6.45) is -2.95. The number of hydrogen-bond acceptors (Lipinski definition) is 2. The van der Waals surface area contributed by atoms with Crippen LogP contribution in [0.25, 0.3) is 38.8 Å². The number of halogens is 4. The van der Waals surface area contributed by atoms with Crippen LogP contribution in [0.15, 0.2) is 72.9 Å². The highest BCUT2D eigenvalue weighted by Crippen LogP contribution is 2.36. The molecule has 0 radical (unpaired) electrons. The van der Waals surface area contributed by atoms with Gasteiger partial charge in [0.1, 0.15) is 11.5 Å². The van der Waals surface area contributed by atoms with Crippen LogP contribution >= 0.6 is 0 Å².